The van der Waals surface area contributed by atoms with Gasteiger partial charge in [-0.15, -0.1) is 0 Å². The maximum absolute atomic E-state index is 5.29. The van der Waals surface area contributed by atoms with Gasteiger partial charge in [-0.2, -0.15) is 0 Å². The van der Waals surface area contributed by atoms with Crippen LogP contribution in [0.15, 0.2) is 15.1 Å². The van der Waals surface area contributed by atoms with Crippen LogP contribution in [0, 0.1) is 6.92 Å². The molecule has 13 heavy (non-hydrogen) atoms. The molecule has 1 rings (SSSR count). The molecule has 5 heteroatoms. The Balaban J connectivity index is 2.92. The van der Waals surface area contributed by atoms with Gasteiger partial charge in [0, 0.05) is 12.8 Å². The first kappa shape index (κ1) is 10.9. The second kappa shape index (κ2) is 4.93. The summed E-state index contributed by atoms with van der Waals surface area (Å²) < 4.78 is 11.6. The van der Waals surface area contributed by atoms with Crippen molar-refractivity contribution in [3.8, 4) is 5.75 Å². The Hall–Kier alpha value is -0.130. The van der Waals surface area contributed by atoms with Gasteiger partial charge < -0.3 is 9.47 Å². The lowest BCUT2D eigenvalue weighted by molar-refractivity contribution is 0.0497. The van der Waals surface area contributed by atoms with Crippen molar-refractivity contribution in [1.29, 1.82) is 0 Å². The zero-order valence-electron chi connectivity index (χ0n) is 7.30. The average molecular weight is 311 g/mol. The molecule has 0 radical (unpaired) electrons. The van der Waals surface area contributed by atoms with E-state index in [1.54, 1.807) is 7.11 Å². The lowest BCUT2D eigenvalue weighted by atomic mass is 10.4. The van der Waals surface area contributed by atoms with E-state index in [1.165, 1.54) is 0 Å². The molecule has 0 amide bonds. The van der Waals surface area contributed by atoms with Gasteiger partial charge in [-0.1, -0.05) is 0 Å². The van der Waals surface area contributed by atoms with E-state index in [9.17, 15) is 0 Å². The van der Waals surface area contributed by atoms with Crippen molar-refractivity contribution in [2.75, 3.05) is 13.9 Å². The molecule has 0 unspecified atom stereocenters. The molecule has 0 bridgehead atoms. The lowest BCUT2D eigenvalue weighted by Crippen LogP contribution is -2.01. The number of hydrogen-bond donors (Lipinski definition) is 0. The van der Waals surface area contributed by atoms with Gasteiger partial charge in [0.2, 0.25) is 0 Å². The molecule has 0 N–H and O–H groups in total. The molecule has 0 aliphatic heterocycles. The Bertz CT molecular complexity index is 281. The Morgan fingerprint density at radius 3 is 2.69 bits per heavy atom. The summed E-state index contributed by atoms with van der Waals surface area (Å²) in [6.45, 7) is 2.12. The molecule has 0 spiro atoms. The molecular weight excluding hydrogens is 302 g/mol. The fourth-order valence-corrected chi connectivity index (χ4v) is 2.34. The fraction of sp³-hybridized carbons (Fsp3) is 0.375. The highest BCUT2D eigenvalue weighted by atomic mass is 79.9. The summed E-state index contributed by atoms with van der Waals surface area (Å²) >= 11 is 6.68. The largest absolute Gasteiger partial charge is 0.464 e. The highest BCUT2D eigenvalue weighted by Crippen LogP contribution is 2.32. The van der Waals surface area contributed by atoms with Crippen LogP contribution in [0.25, 0.3) is 0 Å². The molecule has 0 fully saturated rings. The van der Waals surface area contributed by atoms with Crippen LogP contribution in [-0.2, 0) is 4.74 Å². The Morgan fingerprint density at radius 1 is 1.46 bits per heavy atom. The second-order valence-corrected chi connectivity index (χ2v) is 4.02. The van der Waals surface area contributed by atoms with Crippen molar-refractivity contribution >= 4 is 31.9 Å². The minimum absolute atomic E-state index is 0.210. The Morgan fingerprint density at radius 2 is 2.15 bits per heavy atom. The van der Waals surface area contributed by atoms with Crippen molar-refractivity contribution in [3.05, 3.63) is 20.8 Å². The van der Waals surface area contributed by atoms with Crippen molar-refractivity contribution in [1.82, 2.24) is 4.98 Å². The molecule has 1 aromatic rings. The average Bonchev–Trinajstić information content (AvgIpc) is 2.02. The molecule has 1 aromatic heterocycles. The van der Waals surface area contributed by atoms with Crippen molar-refractivity contribution in [2.24, 2.45) is 0 Å². The van der Waals surface area contributed by atoms with Gasteiger partial charge in [0.05, 0.1) is 4.47 Å². The minimum atomic E-state index is 0.210. The third-order valence-electron chi connectivity index (χ3n) is 1.34. The van der Waals surface area contributed by atoms with Crippen LogP contribution >= 0.6 is 31.9 Å². The first-order chi connectivity index (χ1) is 6.15. The Kier molecular flexibility index (Phi) is 4.15. The number of nitrogens with zero attached hydrogens (tertiary/aromatic N) is 1. The van der Waals surface area contributed by atoms with Gasteiger partial charge in [-0.05, 0) is 44.8 Å². The van der Waals surface area contributed by atoms with Crippen LogP contribution in [-0.4, -0.2) is 18.9 Å². The standard InChI is InChI=1S/C8H9Br2NO2/c1-5-3-6(9)7(8(10)11-5)13-4-12-2/h3H,4H2,1-2H3. The summed E-state index contributed by atoms with van der Waals surface area (Å²) in [5.74, 6) is 0.660. The van der Waals surface area contributed by atoms with Gasteiger partial charge in [0.1, 0.15) is 4.60 Å². The normalized spacial score (nSPS) is 10.2. The first-order valence-electron chi connectivity index (χ1n) is 3.59. The summed E-state index contributed by atoms with van der Waals surface area (Å²) in [5.41, 5.74) is 0.920. The molecule has 0 atom stereocenters. The smallest absolute Gasteiger partial charge is 0.188 e. The molecule has 0 aromatic carbocycles. The molecule has 0 saturated heterocycles. The SMILES string of the molecule is COCOc1c(Br)cc(C)nc1Br. The van der Waals surface area contributed by atoms with Crippen LogP contribution in [0.4, 0.5) is 0 Å². The number of methoxy groups -OCH3 is 1. The van der Waals surface area contributed by atoms with Crippen molar-refractivity contribution in [2.45, 2.75) is 6.92 Å². The predicted octanol–water partition coefficient (Wildman–Crippen LogP) is 2.90. The lowest BCUT2D eigenvalue weighted by Gasteiger charge is -2.08. The number of halogens is 2. The molecule has 3 nitrogen and oxygen atoms in total. The maximum Gasteiger partial charge on any atom is 0.188 e. The quantitative estimate of drug-likeness (QED) is 0.635. The first-order valence-corrected chi connectivity index (χ1v) is 5.18. The predicted molar refractivity (Wildman–Crippen MR) is 56.9 cm³/mol. The van der Waals surface area contributed by atoms with E-state index in [2.05, 4.69) is 36.8 Å². The Labute approximate surface area is 93.7 Å². The van der Waals surface area contributed by atoms with E-state index in [1.807, 2.05) is 13.0 Å². The van der Waals surface area contributed by atoms with Crippen LogP contribution < -0.4 is 4.74 Å². The van der Waals surface area contributed by atoms with E-state index in [0.717, 1.165) is 10.2 Å². The van der Waals surface area contributed by atoms with Gasteiger partial charge in [-0.3, -0.25) is 0 Å². The fourth-order valence-electron chi connectivity index (χ4n) is 0.832. The minimum Gasteiger partial charge on any atom is -0.464 e. The van der Waals surface area contributed by atoms with Crippen LogP contribution in [0.2, 0.25) is 0 Å². The van der Waals surface area contributed by atoms with E-state index in [0.29, 0.717) is 10.4 Å². The zero-order chi connectivity index (χ0) is 9.84. The monoisotopic (exact) mass is 309 g/mol. The number of rotatable bonds is 3. The maximum atomic E-state index is 5.29. The van der Waals surface area contributed by atoms with Crippen molar-refractivity contribution in [3.63, 3.8) is 0 Å². The molecule has 0 saturated carbocycles. The highest BCUT2D eigenvalue weighted by Gasteiger charge is 2.08. The van der Waals surface area contributed by atoms with E-state index >= 15 is 0 Å². The van der Waals surface area contributed by atoms with Crippen LogP contribution in [0.3, 0.4) is 0 Å². The second-order valence-electron chi connectivity index (χ2n) is 2.42. The van der Waals surface area contributed by atoms with Crippen LogP contribution in [0.5, 0.6) is 5.75 Å². The topological polar surface area (TPSA) is 31.4 Å². The third kappa shape index (κ3) is 2.93. The highest BCUT2D eigenvalue weighted by molar-refractivity contribution is 9.11. The van der Waals surface area contributed by atoms with Crippen molar-refractivity contribution < 1.29 is 9.47 Å². The van der Waals surface area contributed by atoms with Gasteiger partial charge in [0.15, 0.2) is 12.5 Å². The van der Waals surface area contributed by atoms with Crippen LogP contribution in [0.1, 0.15) is 5.69 Å². The molecule has 0 aliphatic carbocycles. The third-order valence-corrected chi connectivity index (χ3v) is 2.46. The molecule has 0 aliphatic rings. The number of pyridine rings is 1. The van der Waals surface area contributed by atoms with Gasteiger partial charge in [-0.25, -0.2) is 4.98 Å². The van der Waals surface area contributed by atoms with E-state index < -0.39 is 0 Å². The summed E-state index contributed by atoms with van der Waals surface area (Å²) in [4.78, 5) is 4.19. The molecular formula is C8H9Br2NO2. The zero-order valence-corrected chi connectivity index (χ0v) is 10.5. The summed E-state index contributed by atoms with van der Waals surface area (Å²) in [5, 5.41) is 0. The van der Waals surface area contributed by atoms with Gasteiger partial charge >= 0.3 is 0 Å². The summed E-state index contributed by atoms with van der Waals surface area (Å²) in [6, 6.07) is 1.88. The number of aromatic nitrogens is 1. The summed E-state index contributed by atoms with van der Waals surface area (Å²) in [6.07, 6.45) is 0. The summed E-state index contributed by atoms with van der Waals surface area (Å²) in [7, 11) is 1.57. The van der Waals surface area contributed by atoms with E-state index in [4.69, 9.17) is 9.47 Å². The number of hydrogen-bond acceptors (Lipinski definition) is 3. The number of ether oxygens (including phenoxy) is 2. The number of aryl methyl sites for hydroxylation is 1. The molecule has 1 heterocycles. The van der Waals surface area contributed by atoms with E-state index in [-0.39, 0.29) is 6.79 Å². The molecule has 72 valence electrons. The van der Waals surface area contributed by atoms with Gasteiger partial charge in [0.25, 0.3) is 0 Å².